The van der Waals surface area contributed by atoms with E-state index in [2.05, 4.69) is 0 Å². The largest absolute Gasteiger partial charge is 0.480 e. The van der Waals surface area contributed by atoms with Gasteiger partial charge in [-0.3, -0.25) is 9.59 Å². The van der Waals surface area contributed by atoms with Gasteiger partial charge < -0.3 is 19.0 Å². The molecular weight excluding hydrogens is 308 g/mol. The lowest BCUT2D eigenvalue weighted by Crippen LogP contribution is -2.53. The van der Waals surface area contributed by atoms with Crippen LogP contribution in [0.3, 0.4) is 0 Å². The van der Waals surface area contributed by atoms with Crippen molar-refractivity contribution in [2.45, 2.75) is 12.5 Å². The van der Waals surface area contributed by atoms with Gasteiger partial charge in [-0.05, 0) is 17.7 Å². The molecule has 24 heavy (non-hydrogen) atoms. The van der Waals surface area contributed by atoms with Crippen LogP contribution in [0.15, 0.2) is 47.3 Å². The van der Waals surface area contributed by atoms with Gasteiger partial charge in [0.2, 0.25) is 0 Å². The summed E-state index contributed by atoms with van der Waals surface area (Å²) in [5.41, 5.74) is 1.62. The lowest BCUT2D eigenvalue weighted by molar-refractivity contribution is -0.139. The smallest absolute Gasteiger partial charge is 0.264 e. The maximum Gasteiger partial charge on any atom is 0.264 e. The first-order valence-corrected chi connectivity index (χ1v) is 8.07. The van der Waals surface area contributed by atoms with Gasteiger partial charge >= 0.3 is 0 Å². The Balaban J connectivity index is 1.35. The van der Waals surface area contributed by atoms with Gasteiger partial charge in [-0.15, -0.1) is 0 Å². The van der Waals surface area contributed by atoms with E-state index in [-0.39, 0.29) is 11.8 Å². The molecule has 0 radical (unpaired) electrons. The number of furan rings is 1. The number of carbonyl (C=O) groups is 2. The Morgan fingerprint density at radius 3 is 2.46 bits per heavy atom. The number of piperazine rings is 1. The molecule has 0 saturated carbocycles. The Hall–Kier alpha value is -2.76. The van der Waals surface area contributed by atoms with Gasteiger partial charge in [0.1, 0.15) is 12.0 Å². The van der Waals surface area contributed by atoms with Crippen LogP contribution in [0, 0.1) is 0 Å². The molecule has 0 aliphatic carbocycles. The van der Waals surface area contributed by atoms with Gasteiger partial charge in [0.05, 0.1) is 11.8 Å². The van der Waals surface area contributed by atoms with E-state index >= 15 is 0 Å². The van der Waals surface area contributed by atoms with Crippen LogP contribution in [-0.2, 0) is 11.2 Å². The van der Waals surface area contributed by atoms with E-state index in [4.69, 9.17) is 9.15 Å². The predicted octanol–water partition coefficient (Wildman–Crippen LogP) is 1.57. The molecule has 2 aromatic rings. The summed E-state index contributed by atoms with van der Waals surface area (Å²) in [6.45, 7) is 2.10. The van der Waals surface area contributed by atoms with Gasteiger partial charge in [0.15, 0.2) is 6.10 Å². The molecule has 0 N–H and O–H groups in total. The zero-order chi connectivity index (χ0) is 16.5. The molecular formula is C18H18N2O4. The molecule has 1 unspecified atom stereocenters. The molecule has 6 heteroatoms. The Morgan fingerprint density at radius 1 is 1.00 bits per heavy atom. The van der Waals surface area contributed by atoms with Crippen LogP contribution >= 0.6 is 0 Å². The van der Waals surface area contributed by atoms with Gasteiger partial charge in [-0.1, -0.05) is 18.2 Å². The second-order valence-electron chi connectivity index (χ2n) is 6.05. The maximum absolute atomic E-state index is 12.7. The molecule has 1 saturated heterocycles. The second kappa shape index (κ2) is 6.03. The Kier molecular flexibility index (Phi) is 3.72. The topological polar surface area (TPSA) is 63.0 Å². The molecule has 124 valence electrons. The first-order chi connectivity index (χ1) is 11.7. The van der Waals surface area contributed by atoms with E-state index in [1.54, 1.807) is 15.9 Å². The fraction of sp³-hybridized carbons (Fsp3) is 0.333. The highest BCUT2D eigenvalue weighted by atomic mass is 16.5. The number of benzene rings is 1. The predicted molar refractivity (Wildman–Crippen MR) is 85.8 cm³/mol. The van der Waals surface area contributed by atoms with Crippen molar-refractivity contribution < 1.29 is 18.7 Å². The van der Waals surface area contributed by atoms with E-state index in [9.17, 15) is 9.59 Å². The van der Waals surface area contributed by atoms with E-state index < -0.39 is 6.10 Å². The summed E-state index contributed by atoms with van der Waals surface area (Å²) in [5, 5.41) is 0. The summed E-state index contributed by atoms with van der Waals surface area (Å²) >= 11 is 0. The summed E-state index contributed by atoms with van der Waals surface area (Å²) in [6.07, 6.45) is 3.10. The number of fused-ring (bicyclic) bond motifs is 1. The maximum atomic E-state index is 12.7. The third kappa shape index (κ3) is 2.64. The summed E-state index contributed by atoms with van der Waals surface area (Å²) in [4.78, 5) is 28.5. The third-order valence-electron chi connectivity index (χ3n) is 4.57. The zero-order valence-electron chi connectivity index (χ0n) is 13.2. The van der Waals surface area contributed by atoms with E-state index in [1.807, 2.05) is 24.3 Å². The number of ether oxygens (including phenoxy) is 1. The number of para-hydroxylation sites is 1. The summed E-state index contributed by atoms with van der Waals surface area (Å²) in [5.74, 6) is 0.742. The lowest BCUT2D eigenvalue weighted by Gasteiger charge is -2.35. The highest BCUT2D eigenvalue weighted by molar-refractivity contribution is 5.94. The quantitative estimate of drug-likeness (QED) is 0.840. The van der Waals surface area contributed by atoms with Crippen LogP contribution < -0.4 is 4.74 Å². The standard InChI is InChI=1S/C18H18N2O4/c21-17(14-5-10-23-12-14)19-6-8-20(9-7-19)18(22)16-11-13-3-1-2-4-15(13)24-16/h1-5,10,12,16H,6-9,11H2. The van der Waals surface area contributed by atoms with Gasteiger partial charge in [0, 0.05) is 32.6 Å². The van der Waals surface area contributed by atoms with Crippen molar-refractivity contribution in [3.05, 3.63) is 54.0 Å². The molecule has 1 aromatic heterocycles. The van der Waals surface area contributed by atoms with Crippen molar-refractivity contribution in [2.75, 3.05) is 26.2 Å². The minimum absolute atomic E-state index is 0.00149. The molecule has 0 spiro atoms. The van der Waals surface area contributed by atoms with Crippen LogP contribution in [0.4, 0.5) is 0 Å². The average Bonchev–Trinajstić information content (AvgIpc) is 3.30. The lowest BCUT2D eigenvalue weighted by atomic mass is 10.1. The van der Waals surface area contributed by atoms with E-state index in [0.29, 0.717) is 38.2 Å². The Labute approximate surface area is 139 Å². The fourth-order valence-electron chi connectivity index (χ4n) is 3.22. The number of amides is 2. The highest BCUT2D eigenvalue weighted by Gasteiger charge is 2.34. The van der Waals surface area contributed by atoms with E-state index in [1.165, 1.54) is 12.5 Å². The SMILES string of the molecule is O=C(c1ccoc1)N1CCN(C(=O)C2Cc3ccccc3O2)CC1. The van der Waals surface area contributed by atoms with Crippen LogP contribution in [0.2, 0.25) is 0 Å². The molecule has 0 bridgehead atoms. The number of nitrogens with zero attached hydrogens (tertiary/aromatic N) is 2. The van der Waals surface area contributed by atoms with Gasteiger partial charge in [-0.2, -0.15) is 0 Å². The number of rotatable bonds is 2. The van der Waals surface area contributed by atoms with E-state index in [0.717, 1.165) is 11.3 Å². The van der Waals surface area contributed by atoms with Crippen molar-refractivity contribution in [2.24, 2.45) is 0 Å². The molecule has 2 amide bonds. The van der Waals surface area contributed by atoms with Crippen molar-refractivity contribution in [3.8, 4) is 5.75 Å². The number of carbonyl (C=O) groups excluding carboxylic acids is 2. The molecule has 1 aromatic carbocycles. The second-order valence-corrected chi connectivity index (χ2v) is 6.05. The minimum atomic E-state index is -0.446. The molecule has 1 fully saturated rings. The molecule has 1 atom stereocenters. The van der Waals surface area contributed by atoms with Crippen molar-refractivity contribution in [1.82, 2.24) is 9.80 Å². The molecule has 3 heterocycles. The van der Waals surface area contributed by atoms with Crippen LogP contribution in [0.1, 0.15) is 15.9 Å². The Morgan fingerprint density at radius 2 is 1.75 bits per heavy atom. The third-order valence-corrected chi connectivity index (χ3v) is 4.57. The molecule has 2 aliphatic heterocycles. The Bertz CT molecular complexity index is 723. The highest BCUT2D eigenvalue weighted by Crippen LogP contribution is 2.29. The monoisotopic (exact) mass is 326 g/mol. The first kappa shape index (κ1) is 14.8. The van der Waals surface area contributed by atoms with Crippen molar-refractivity contribution >= 4 is 11.8 Å². The minimum Gasteiger partial charge on any atom is -0.480 e. The average molecular weight is 326 g/mol. The zero-order valence-corrected chi connectivity index (χ0v) is 13.2. The summed E-state index contributed by atoms with van der Waals surface area (Å²) in [6, 6.07) is 9.40. The summed E-state index contributed by atoms with van der Waals surface area (Å²) in [7, 11) is 0. The van der Waals surface area contributed by atoms with Crippen LogP contribution in [0.5, 0.6) is 5.75 Å². The number of hydrogen-bond donors (Lipinski definition) is 0. The fourth-order valence-corrected chi connectivity index (χ4v) is 3.22. The van der Waals surface area contributed by atoms with Gasteiger partial charge in [-0.25, -0.2) is 0 Å². The van der Waals surface area contributed by atoms with Crippen LogP contribution in [0.25, 0.3) is 0 Å². The van der Waals surface area contributed by atoms with Crippen LogP contribution in [-0.4, -0.2) is 53.9 Å². The van der Waals surface area contributed by atoms with Gasteiger partial charge in [0.25, 0.3) is 11.8 Å². The number of hydrogen-bond acceptors (Lipinski definition) is 4. The first-order valence-electron chi connectivity index (χ1n) is 8.07. The van der Waals surface area contributed by atoms with Crippen molar-refractivity contribution in [3.63, 3.8) is 0 Å². The summed E-state index contributed by atoms with van der Waals surface area (Å²) < 4.78 is 10.7. The molecule has 6 nitrogen and oxygen atoms in total. The molecule has 4 rings (SSSR count). The van der Waals surface area contributed by atoms with Crippen molar-refractivity contribution in [1.29, 1.82) is 0 Å². The molecule has 2 aliphatic rings. The normalized spacial score (nSPS) is 19.8.